The molecule has 1 unspecified atom stereocenters. The predicted molar refractivity (Wildman–Crippen MR) is 100 cm³/mol. The van der Waals surface area contributed by atoms with Crippen molar-refractivity contribution < 1.29 is 14.4 Å². The van der Waals surface area contributed by atoms with E-state index in [2.05, 4.69) is 15.3 Å². The Labute approximate surface area is 156 Å². The van der Waals surface area contributed by atoms with Crippen molar-refractivity contribution in [3.63, 3.8) is 0 Å². The Morgan fingerprint density at radius 2 is 1.70 bits per heavy atom. The average Bonchev–Trinajstić information content (AvgIpc) is 2.69. The maximum Gasteiger partial charge on any atom is 0.373 e. The lowest BCUT2D eigenvalue weighted by Gasteiger charge is -2.15. The molecule has 138 valence electrons. The standard InChI is InChI=1S/C19H18N4O4/c1-13(14-8-4-3-5-9-14)22-18-17(23(24)25)19(21-12-20-18)27-16-11-7-6-10-15(16)26-2/h3-13H,1-2H3,(H,20,21,22). The molecule has 2 aromatic carbocycles. The highest BCUT2D eigenvalue weighted by Gasteiger charge is 2.26. The minimum Gasteiger partial charge on any atom is -0.493 e. The summed E-state index contributed by atoms with van der Waals surface area (Å²) >= 11 is 0. The molecule has 8 nitrogen and oxygen atoms in total. The molecule has 3 rings (SSSR count). The zero-order chi connectivity index (χ0) is 19.2. The highest BCUT2D eigenvalue weighted by atomic mass is 16.6. The summed E-state index contributed by atoms with van der Waals surface area (Å²) in [6.45, 7) is 1.89. The third-order valence-electron chi connectivity index (χ3n) is 3.90. The van der Waals surface area contributed by atoms with Gasteiger partial charge >= 0.3 is 11.6 Å². The van der Waals surface area contributed by atoms with Crippen LogP contribution in [0.1, 0.15) is 18.5 Å². The van der Waals surface area contributed by atoms with Gasteiger partial charge in [0.25, 0.3) is 0 Å². The quantitative estimate of drug-likeness (QED) is 0.490. The molecule has 1 N–H and O–H groups in total. The number of methoxy groups -OCH3 is 1. The van der Waals surface area contributed by atoms with Crippen LogP contribution in [-0.4, -0.2) is 22.0 Å². The number of aromatic nitrogens is 2. The number of anilines is 1. The van der Waals surface area contributed by atoms with E-state index in [1.54, 1.807) is 24.3 Å². The van der Waals surface area contributed by atoms with Crippen LogP contribution in [0.5, 0.6) is 17.4 Å². The zero-order valence-corrected chi connectivity index (χ0v) is 14.8. The number of ether oxygens (including phenoxy) is 2. The van der Waals surface area contributed by atoms with Crippen LogP contribution >= 0.6 is 0 Å². The monoisotopic (exact) mass is 366 g/mol. The second-order valence-electron chi connectivity index (χ2n) is 5.66. The first-order valence-corrected chi connectivity index (χ1v) is 8.22. The molecule has 0 aliphatic rings. The fraction of sp³-hybridized carbons (Fsp3) is 0.158. The summed E-state index contributed by atoms with van der Waals surface area (Å²) in [6.07, 6.45) is 1.22. The molecule has 0 saturated carbocycles. The van der Waals surface area contributed by atoms with Gasteiger partial charge in [-0.1, -0.05) is 42.5 Å². The first kappa shape index (κ1) is 18.1. The molecule has 0 aliphatic carbocycles. The van der Waals surface area contributed by atoms with E-state index in [1.165, 1.54) is 13.4 Å². The molecule has 1 heterocycles. The van der Waals surface area contributed by atoms with E-state index in [4.69, 9.17) is 9.47 Å². The smallest absolute Gasteiger partial charge is 0.373 e. The Morgan fingerprint density at radius 1 is 1.04 bits per heavy atom. The topological polar surface area (TPSA) is 99.4 Å². The van der Waals surface area contributed by atoms with Gasteiger partial charge in [0, 0.05) is 0 Å². The molecule has 0 amide bonds. The third kappa shape index (κ3) is 4.12. The number of para-hydroxylation sites is 2. The largest absolute Gasteiger partial charge is 0.493 e. The number of nitrogens with zero attached hydrogens (tertiary/aromatic N) is 3. The van der Waals surface area contributed by atoms with Crippen molar-refractivity contribution in [2.75, 3.05) is 12.4 Å². The van der Waals surface area contributed by atoms with E-state index < -0.39 is 4.92 Å². The molecule has 0 aliphatic heterocycles. The summed E-state index contributed by atoms with van der Waals surface area (Å²) < 4.78 is 10.9. The van der Waals surface area contributed by atoms with Crippen LogP contribution in [0.3, 0.4) is 0 Å². The molecular weight excluding hydrogens is 348 g/mol. The molecule has 27 heavy (non-hydrogen) atoms. The van der Waals surface area contributed by atoms with Crippen molar-refractivity contribution in [3.05, 3.63) is 76.6 Å². The van der Waals surface area contributed by atoms with Gasteiger partial charge in [0.1, 0.15) is 6.33 Å². The Kier molecular flexibility index (Phi) is 5.46. The van der Waals surface area contributed by atoms with Gasteiger partial charge in [0.05, 0.1) is 18.1 Å². The van der Waals surface area contributed by atoms with E-state index in [0.29, 0.717) is 11.5 Å². The molecule has 1 aromatic heterocycles. The Balaban J connectivity index is 1.94. The van der Waals surface area contributed by atoms with E-state index in [1.807, 2.05) is 37.3 Å². The van der Waals surface area contributed by atoms with Gasteiger partial charge in [0.2, 0.25) is 5.82 Å². The first-order valence-electron chi connectivity index (χ1n) is 8.22. The highest BCUT2D eigenvalue weighted by molar-refractivity contribution is 5.63. The fourth-order valence-corrected chi connectivity index (χ4v) is 2.54. The lowest BCUT2D eigenvalue weighted by atomic mass is 10.1. The minimum atomic E-state index is -0.565. The Hall–Kier alpha value is -3.68. The number of hydrogen-bond donors (Lipinski definition) is 1. The molecular formula is C19H18N4O4. The van der Waals surface area contributed by atoms with Crippen LogP contribution in [0.15, 0.2) is 60.9 Å². The molecule has 1 atom stereocenters. The van der Waals surface area contributed by atoms with Crippen LogP contribution in [0.4, 0.5) is 11.5 Å². The second-order valence-corrected chi connectivity index (χ2v) is 5.66. The van der Waals surface area contributed by atoms with Crippen molar-refractivity contribution >= 4 is 11.5 Å². The van der Waals surface area contributed by atoms with Gasteiger partial charge in [-0.25, -0.2) is 4.98 Å². The lowest BCUT2D eigenvalue weighted by molar-refractivity contribution is -0.385. The SMILES string of the molecule is COc1ccccc1Oc1ncnc(NC(C)c2ccccc2)c1[N+](=O)[O-]. The molecule has 0 bridgehead atoms. The van der Waals surface area contributed by atoms with Gasteiger partial charge in [-0.05, 0) is 24.6 Å². The van der Waals surface area contributed by atoms with E-state index in [-0.39, 0.29) is 23.4 Å². The van der Waals surface area contributed by atoms with E-state index >= 15 is 0 Å². The minimum absolute atomic E-state index is 0.0799. The highest BCUT2D eigenvalue weighted by Crippen LogP contribution is 2.38. The predicted octanol–water partition coefficient (Wildman–Crippen LogP) is 4.36. The van der Waals surface area contributed by atoms with Crippen LogP contribution in [0.25, 0.3) is 0 Å². The Bertz CT molecular complexity index is 934. The third-order valence-corrected chi connectivity index (χ3v) is 3.90. The van der Waals surface area contributed by atoms with E-state index in [0.717, 1.165) is 5.56 Å². The van der Waals surface area contributed by atoms with E-state index in [9.17, 15) is 10.1 Å². The molecule has 0 spiro atoms. The summed E-state index contributed by atoms with van der Waals surface area (Å²) in [5, 5.41) is 14.7. The van der Waals surface area contributed by atoms with Crippen molar-refractivity contribution in [2.45, 2.75) is 13.0 Å². The van der Waals surface area contributed by atoms with Crippen molar-refractivity contribution in [1.29, 1.82) is 0 Å². The summed E-state index contributed by atoms with van der Waals surface area (Å²) in [6, 6.07) is 16.2. The van der Waals surface area contributed by atoms with Crippen molar-refractivity contribution in [1.82, 2.24) is 9.97 Å². The number of nitrogens with one attached hydrogen (secondary N) is 1. The van der Waals surface area contributed by atoms with Gasteiger partial charge < -0.3 is 14.8 Å². The molecule has 0 radical (unpaired) electrons. The zero-order valence-electron chi connectivity index (χ0n) is 14.8. The maximum atomic E-state index is 11.7. The van der Waals surface area contributed by atoms with Crippen molar-refractivity contribution in [3.8, 4) is 17.4 Å². The number of hydrogen-bond acceptors (Lipinski definition) is 7. The second kappa shape index (κ2) is 8.13. The van der Waals surface area contributed by atoms with Gasteiger partial charge in [-0.15, -0.1) is 0 Å². The van der Waals surface area contributed by atoms with Crippen LogP contribution < -0.4 is 14.8 Å². The van der Waals surface area contributed by atoms with Crippen LogP contribution in [-0.2, 0) is 0 Å². The Morgan fingerprint density at radius 3 is 2.37 bits per heavy atom. The summed E-state index contributed by atoms with van der Waals surface area (Å²) in [7, 11) is 1.49. The maximum absolute atomic E-state index is 11.7. The van der Waals surface area contributed by atoms with Crippen LogP contribution in [0.2, 0.25) is 0 Å². The molecule has 0 saturated heterocycles. The number of benzene rings is 2. The fourth-order valence-electron chi connectivity index (χ4n) is 2.54. The lowest BCUT2D eigenvalue weighted by Crippen LogP contribution is -2.11. The molecule has 8 heteroatoms. The summed E-state index contributed by atoms with van der Waals surface area (Å²) in [5.74, 6) is 0.681. The summed E-state index contributed by atoms with van der Waals surface area (Å²) in [5.41, 5.74) is 0.629. The van der Waals surface area contributed by atoms with Gasteiger partial charge in [-0.2, -0.15) is 4.98 Å². The van der Waals surface area contributed by atoms with Gasteiger partial charge in [0.15, 0.2) is 11.5 Å². The van der Waals surface area contributed by atoms with Gasteiger partial charge in [-0.3, -0.25) is 10.1 Å². The first-order chi connectivity index (χ1) is 13.1. The number of nitro groups is 1. The normalized spacial score (nSPS) is 11.5. The molecule has 3 aromatic rings. The molecule has 0 fully saturated rings. The summed E-state index contributed by atoms with van der Waals surface area (Å²) in [4.78, 5) is 19.1. The number of rotatable bonds is 7. The average molecular weight is 366 g/mol. The van der Waals surface area contributed by atoms with Crippen molar-refractivity contribution in [2.24, 2.45) is 0 Å². The van der Waals surface area contributed by atoms with Crippen LogP contribution in [0, 0.1) is 10.1 Å².